The lowest BCUT2D eigenvalue weighted by molar-refractivity contribution is -0.139. The van der Waals surface area contributed by atoms with Gasteiger partial charge in [0, 0.05) is 19.2 Å². The summed E-state index contributed by atoms with van der Waals surface area (Å²) in [5, 5.41) is 14.0. The van der Waals surface area contributed by atoms with Crippen molar-refractivity contribution in [1.82, 2.24) is 9.78 Å². The summed E-state index contributed by atoms with van der Waals surface area (Å²) >= 11 is 0. The number of hydrogen-bond donors (Lipinski definition) is 1. The van der Waals surface area contributed by atoms with Crippen LogP contribution in [0.1, 0.15) is 29.7 Å². The smallest absolute Gasteiger partial charge is 0.388 e. The molecule has 0 aliphatic carbocycles. The summed E-state index contributed by atoms with van der Waals surface area (Å²) in [6, 6.07) is 2.09. The van der Waals surface area contributed by atoms with Crippen LogP contribution in [0.25, 0.3) is 0 Å². The fourth-order valence-corrected chi connectivity index (χ4v) is 2.09. The number of benzene rings is 1. The molecule has 0 spiro atoms. The number of alkyl halides is 3. The Morgan fingerprint density at radius 3 is 2.62 bits per heavy atom. The maximum absolute atomic E-state index is 13.2. The van der Waals surface area contributed by atoms with Crippen LogP contribution in [0.5, 0.6) is 0 Å². The number of halogens is 4. The molecule has 1 unspecified atom stereocenters. The summed E-state index contributed by atoms with van der Waals surface area (Å²) < 4.78 is 53.5. The first kappa shape index (κ1) is 15.5. The molecule has 3 nitrogen and oxygen atoms in total. The van der Waals surface area contributed by atoms with Crippen LogP contribution < -0.4 is 0 Å². The number of aliphatic hydroxyl groups excluding tert-OH is 1. The second-order valence-electron chi connectivity index (χ2n) is 4.65. The van der Waals surface area contributed by atoms with Gasteiger partial charge in [0.2, 0.25) is 0 Å². The molecule has 21 heavy (non-hydrogen) atoms. The van der Waals surface area contributed by atoms with Gasteiger partial charge < -0.3 is 5.11 Å². The molecule has 0 bridgehead atoms. The van der Waals surface area contributed by atoms with Gasteiger partial charge in [0.1, 0.15) is 5.82 Å². The van der Waals surface area contributed by atoms with E-state index in [0.29, 0.717) is 18.2 Å². The number of nitrogens with zero attached hydrogens (tertiary/aromatic N) is 2. The molecule has 0 saturated carbocycles. The third-order valence-corrected chi connectivity index (χ3v) is 3.12. The maximum Gasteiger partial charge on any atom is 0.416 e. The van der Waals surface area contributed by atoms with E-state index in [0.717, 1.165) is 12.1 Å². The zero-order valence-corrected chi connectivity index (χ0v) is 11.2. The molecular weight excluding hydrogens is 288 g/mol. The van der Waals surface area contributed by atoms with Gasteiger partial charge in [0.15, 0.2) is 0 Å². The second-order valence-corrected chi connectivity index (χ2v) is 4.65. The van der Waals surface area contributed by atoms with Crippen LogP contribution in [-0.4, -0.2) is 14.9 Å². The molecule has 1 heterocycles. The highest BCUT2D eigenvalue weighted by Gasteiger charge is 2.35. The van der Waals surface area contributed by atoms with Crippen molar-refractivity contribution in [3.05, 3.63) is 53.1 Å². The number of aryl methyl sites for hydroxylation is 1. The van der Waals surface area contributed by atoms with Crippen molar-refractivity contribution >= 4 is 0 Å². The van der Waals surface area contributed by atoms with E-state index in [1.165, 1.54) is 6.20 Å². The first-order chi connectivity index (χ1) is 9.81. The Morgan fingerprint density at radius 2 is 2.05 bits per heavy atom. The lowest BCUT2D eigenvalue weighted by Crippen LogP contribution is -2.13. The fraction of sp³-hybridized carbons (Fsp3) is 0.357. The predicted molar refractivity (Wildman–Crippen MR) is 68.0 cm³/mol. The SMILES string of the molecule is CCn1cc(CC(O)c2cc(F)ccc2C(F)(F)F)cn1. The molecule has 0 fully saturated rings. The molecule has 0 aliphatic heterocycles. The average Bonchev–Trinajstić information content (AvgIpc) is 2.84. The Hall–Kier alpha value is -1.89. The Kier molecular flexibility index (Phi) is 4.32. The number of aromatic nitrogens is 2. The summed E-state index contributed by atoms with van der Waals surface area (Å²) in [6.07, 6.45) is -3.05. The van der Waals surface area contributed by atoms with Crippen LogP contribution in [0.3, 0.4) is 0 Å². The Balaban J connectivity index is 2.29. The van der Waals surface area contributed by atoms with Crippen molar-refractivity contribution in [3.8, 4) is 0 Å². The van der Waals surface area contributed by atoms with Gasteiger partial charge in [-0.25, -0.2) is 4.39 Å². The highest BCUT2D eigenvalue weighted by Crippen LogP contribution is 2.35. The van der Waals surface area contributed by atoms with E-state index < -0.39 is 29.2 Å². The van der Waals surface area contributed by atoms with E-state index in [9.17, 15) is 22.7 Å². The molecule has 1 atom stereocenters. The second kappa shape index (κ2) is 5.85. The lowest BCUT2D eigenvalue weighted by Gasteiger charge is -2.17. The average molecular weight is 302 g/mol. The first-order valence-corrected chi connectivity index (χ1v) is 6.37. The largest absolute Gasteiger partial charge is 0.416 e. The monoisotopic (exact) mass is 302 g/mol. The third kappa shape index (κ3) is 3.60. The molecule has 0 amide bonds. The van der Waals surface area contributed by atoms with Crippen LogP contribution >= 0.6 is 0 Å². The summed E-state index contributed by atoms with van der Waals surface area (Å²) in [5.41, 5.74) is -0.909. The van der Waals surface area contributed by atoms with Crippen LogP contribution in [0.2, 0.25) is 0 Å². The molecule has 0 saturated heterocycles. The maximum atomic E-state index is 13.2. The Bertz CT molecular complexity index is 622. The van der Waals surface area contributed by atoms with Gasteiger partial charge in [0.05, 0.1) is 17.9 Å². The quantitative estimate of drug-likeness (QED) is 0.880. The minimum atomic E-state index is -4.64. The van der Waals surface area contributed by atoms with Crippen molar-refractivity contribution in [2.75, 3.05) is 0 Å². The van der Waals surface area contributed by atoms with Crippen molar-refractivity contribution in [2.45, 2.75) is 32.2 Å². The van der Waals surface area contributed by atoms with E-state index >= 15 is 0 Å². The summed E-state index contributed by atoms with van der Waals surface area (Å²) in [5.74, 6) is -0.818. The van der Waals surface area contributed by atoms with Gasteiger partial charge in [-0.3, -0.25) is 4.68 Å². The first-order valence-electron chi connectivity index (χ1n) is 6.37. The molecule has 2 aromatic rings. The summed E-state index contributed by atoms with van der Waals surface area (Å²) in [6.45, 7) is 2.48. The van der Waals surface area contributed by atoms with Crippen molar-refractivity contribution in [1.29, 1.82) is 0 Å². The fourth-order valence-electron chi connectivity index (χ4n) is 2.09. The number of rotatable bonds is 4. The minimum absolute atomic E-state index is 0.0630. The summed E-state index contributed by atoms with van der Waals surface area (Å²) in [4.78, 5) is 0. The molecule has 1 aromatic heterocycles. The Morgan fingerprint density at radius 1 is 1.33 bits per heavy atom. The minimum Gasteiger partial charge on any atom is -0.388 e. The zero-order chi connectivity index (χ0) is 15.6. The standard InChI is InChI=1S/C14H14F4N2O/c1-2-20-8-9(7-19-20)5-13(21)11-6-10(15)3-4-12(11)14(16,17)18/h3-4,6-8,13,21H,2,5H2,1H3. The topological polar surface area (TPSA) is 38.0 Å². The van der Waals surface area contributed by atoms with Crippen LogP contribution in [0.4, 0.5) is 17.6 Å². The van der Waals surface area contributed by atoms with Gasteiger partial charge in [-0.2, -0.15) is 18.3 Å². The molecule has 1 aromatic carbocycles. The molecule has 0 aliphatic rings. The van der Waals surface area contributed by atoms with E-state index in [2.05, 4.69) is 5.10 Å². The van der Waals surface area contributed by atoms with Gasteiger partial charge in [-0.1, -0.05) is 0 Å². The summed E-state index contributed by atoms with van der Waals surface area (Å²) in [7, 11) is 0. The van der Waals surface area contributed by atoms with Gasteiger partial charge in [-0.15, -0.1) is 0 Å². The molecular formula is C14H14F4N2O. The third-order valence-electron chi connectivity index (χ3n) is 3.12. The Labute approximate surface area is 118 Å². The van der Waals surface area contributed by atoms with E-state index in [1.54, 1.807) is 10.9 Å². The van der Waals surface area contributed by atoms with Crippen LogP contribution in [-0.2, 0) is 19.1 Å². The molecule has 114 valence electrons. The van der Waals surface area contributed by atoms with Crippen LogP contribution in [0, 0.1) is 5.82 Å². The zero-order valence-electron chi connectivity index (χ0n) is 11.2. The normalized spacial score (nSPS) is 13.4. The van der Waals surface area contributed by atoms with Crippen molar-refractivity contribution in [2.24, 2.45) is 0 Å². The highest BCUT2D eigenvalue weighted by molar-refractivity contribution is 5.33. The number of hydrogen-bond acceptors (Lipinski definition) is 2. The van der Waals surface area contributed by atoms with E-state index in [1.807, 2.05) is 6.92 Å². The van der Waals surface area contributed by atoms with Gasteiger partial charge >= 0.3 is 6.18 Å². The number of aliphatic hydroxyl groups is 1. The lowest BCUT2D eigenvalue weighted by atomic mass is 9.97. The van der Waals surface area contributed by atoms with Gasteiger partial charge in [0.25, 0.3) is 0 Å². The molecule has 2 rings (SSSR count). The molecule has 1 N–H and O–H groups in total. The van der Waals surface area contributed by atoms with Crippen molar-refractivity contribution in [3.63, 3.8) is 0 Å². The van der Waals surface area contributed by atoms with Crippen LogP contribution in [0.15, 0.2) is 30.6 Å². The van der Waals surface area contributed by atoms with E-state index in [-0.39, 0.29) is 6.42 Å². The molecule has 7 heteroatoms. The molecule has 0 radical (unpaired) electrons. The van der Waals surface area contributed by atoms with Gasteiger partial charge in [-0.05, 0) is 36.2 Å². The van der Waals surface area contributed by atoms with Crippen molar-refractivity contribution < 1.29 is 22.7 Å². The van der Waals surface area contributed by atoms with E-state index in [4.69, 9.17) is 0 Å². The highest BCUT2D eigenvalue weighted by atomic mass is 19.4. The predicted octanol–water partition coefficient (Wildman–Crippen LogP) is 3.34.